The number of piperidine rings is 1. The van der Waals surface area contributed by atoms with Crippen molar-refractivity contribution in [1.82, 2.24) is 10.2 Å². The van der Waals surface area contributed by atoms with Crippen molar-refractivity contribution in [3.8, 4) is 0 Å². The predicted octanol–water partition coefficient (Wildman–Crippen LogP) is 2.69. The standard InChI is InChI=1S/C14H28N2O.ClH/c1-11(14(2,3)4)10-13(17)16-8-6-12(15-5)7-9-16;/h11-12,15H,6-10H2,1-5H3;1H. The minimum Gasteiger partial charge on any atom is -0.343 e. The zero-order valence-electron chi connectivity index (χ0n) is 12.5. The molecule has 3 nitrogen and oxygen atoms in total. The van der Waals surface area contributed by atoms with Crippen LogP contribution < -0.4 is 5.32 Å². The minimum absolute atomic E-state index is 0. The van der Waals surface area contributed by atoms with Gasteiger partial charge in [-0.3, -0.25) is 4.79 Å². The van der Waals surface area contributed by atoms with Crippen molar-refractivity contribution >= 4 is 18.3 Å². The fourth-order valence-corrected chi connectivity index (χ4v) is 2.11. The highest BCUT2D eigenvalue weighted by Crippen LogP contribution is 2.28. The lowest BCUT2D eigenvalue weighted by molar-refractivity contribution is -0.134. The molecule has 1 rings (SSSR count). The molecule has 1 unspecified atom stereocenters. The number of carbonyl (C=O) groups is 1. The number of nitrogens with one attached hydrogen (secondary N) is 1. The molecule has 1 fully saturated rings. The third-order valence-electron chi connectivity index (χ3n) is 4.22. The Morgan fingerprint density at radius 2 is 1.83 bits per heavy atom. The summed E-state index contributed by atoms with van der Waals surface area (Å²) in [6.45, 7) is 10.6. The van der Waals surface area contributed by atoms with Crippen LogP contribution in [-0.2, 0) is 4.79 Å². The number of likely N-dealkylation sites (tertiary alicyclic amines) is 1. The van der Waals surface area contributed by atoms with Crippen LogP contribution >= 0.6 is 12.4 Å². The van der Waals surface area contributed by atoms with Gasteiger partial charge in [-0.05, 0) is 31.2 Å². The minimum atomic E-state index is 0. The van der Waals surface area contributed by atoms with Crippen LogP contribution in [0.5, 0.6) is 0 Å². The van der Waals surface area contributed by atoms with Crippen molar-refractivity contribution in [3.05, 3.63) is 0 Å². The van der Waals surface area contributed by atoms with Gasteiger partial charge in [0.05, 0.1) is 0 Å². The fraction of sp³-hybridized carbons (Fsp3) is 0.929. The van der Waals surface area contributed by atoms with Crippen LogP contribution in [0.4, 0.5) is 0 Å². The highest BCUT2D eigenvalue weighted by Gasteiger charge is 2.27. The first kappa shape index (κ1) is 17.7. The molecule has 0 aromatic heterocycles. The molecular weight excluding hydrogens is 248 g/mol. The molecule has 0 aliphatic carbocycles. The largest absolute Gasteiger partial charge is 0.343 e. The Morgan fingerprint density at radius 3 is 2.22 bits per heavy atom. The average molecular weight is 277 g/mol. The van der Waals surface area contributed by atoms with Gasteiger partial charge in [-0.1, -0.05) is 27.7 Å². The van der Waals surface area contributed by atoms with Crippen LogP contribution in [0.15, 0.2) is 0 Å². The van der Waals surface area contributed by atoms with E-state index in [4.69, 9.17) is 0 Å². The van der Waals surface area contributed by atoms with Crippen LogP contribution in [0.2, 0.25) is 0 Å². The van der Waals surface area contributed by atoms with Gasteiger partial charge >= 0.3 is 0 Å². The number of amides is 1. The van der Waals surface area contributed by atoms with Gasteiger partial charge < -0.3 is 10.2 Å². The molecule has 1 amide bonds. The summed E-state index contributed by atoms with van der Waals surface area (Å²) in [5.74, 6) is 0.777. The fourth-order valence-electron chi connectivity index (χ4n) is 2.11. The molecule has 0 spiro atoms. The van der Waals surface area contributed by atoms with Gasteiger partial charge in [0.2, 0.25) is 5.91 Å². The first-order valence-electron chi connectivity index (χ1n) is 6.79. The molecule has 0 radical (unpaired) electrons. The maximum Gasteiger partial charge on any atom is 0.222 e. The van der Waals surface area contributed by atoms with Gasteiger partial charge in [0.1, 0.15) is 0 Å². The van der Waals surface area contributed by atoms with E-state index in [1.54, 1.807) is 0 Å². The number of hydrogen-bond donors (Lipinski definition) is 1. The van der Waals surface area contributed by atoms with E-state index < -0.39 is 0 Å². The molecule has 1 aliphatic rings. The lowest BCUT2D eigenvalue weighted by Gasteiger charge is -2.34. The van der Waals surface area contributed by atoms with E-state index in [1.165, 1.54) is 0 Å². The Labute approximate surface area is 118 Å². The van der Waals surface area contributed by atoms with Crippen molar-refractivity contribution in [2.45, 2.75) is 53.0 Å². The summed E-state index contributed by atoms with van der Waals surface area (Å²) in [6.07, 6.45) is 2.87. The average Bonchev–Trinajstić information content (AvgIpc) is 2.27. The van der Waals surface area contributed by atoms with Gasteiger partial charge in [0.25, 0.3) is 0 Å². The van der Waals surface area contributed by atoms with Crippen LogP contribution in [0.3, 0.4) is 0 Å². The third-order valence-corrected chi connectivity index (χ3v) is 4.22. The number of carbonyl (C=O) groups excluding carboxylic acids is 1. The van der Waals surface area contributed by atoms with Crippen molar-refractivity contribution in [1.29, 1.82) is 0 Å². The summed E-state index contributed by atoms with van der Waals surface area (Å²) in [7, 11) is 2.00. The predicted molar refractivity (Wildman–Crippen MR) is 79.1 cm³/mol. The number of rotatable bonds is 3. The van der Waals surface area contributed by atoms with Crippen molar-refractivity contribution in [2.24, 2.45) is 11.3 Å². The zero-order chi connectivity index (χ0) is 13.1. The van der Waals surface area contributed by atoms with Crippen LogP contribution in [0, 0.1) is 11.3 Å². The second-order valence-electron chi connectivity index (χ2n) is 6.41. The summed E-state index contributed by atoms with van der Waals surface area (Å²) in [5, 5.41) is 3.29. The second-order valence-corrected chi connectivity index (χ2v) is 6.41. The molecule has 4 heteroatoms. The van der Waals surface area contributed by atoms with E-state index in [9.17, 15) is 4.79 Å². The van der Waals surface area contributed by atoms with E-state index >= 15 is 0 Å². The molecule has 108 valence electrons. The Hall–Kier alpha value is -0.280. The molecule has 1 atom stereocenters. The molecule has 1 saturated heterocycles. The molecule has 0 aromatic rings. The molecule has 1 aliphatic heterocycles. The zero-order valence-corrected chi connectivity index (χ0v) is 13.3. The molecule has 0 aromatic carbocycles. The first-order valence-corrected chi connectivity index (χ1v) is 6.79. The van der Waals surface area contributed by atoms with Crippen molar-refractivity contribution < 1.29 is 4.79 Å². The van der Waals surface area contributed by atoms with E-state index in [1.807, 2.05) is 11.9 Å². The molecule has 18 heavy (non-hydrogen) atoms. The normalized spacial score (nSPS) is 19.3. The van der Waals surface area contributed by atoms with Crippen LogP contribution in [0.25, 0.3) is 0 Å². The highest BCUT2D eigenvalue weighted by molar-refractivity contribution is 5.85. The van der Waals surface area contributed by atoms with Gasteiger partial charge in [0.15, 0.2) is 0 Å². The second kappa shape index (κ2) is 7.34. The SMILES string of the molecule is CNC1CCN(C(=O)CC(C)C(C)(C)C)CC1.Cl. The van der Waals surface area contributed by atoms with Crippen LogP contribution in [-0.4, -0.2) is 37.0 Å². The lowest BCUT2D eigenvalue weighted by Crippen LogP contribution is -2.44. The van der Waals surface area contributed by atoms with E-state index in [0.29, 0.717) is 24.3 Å². The number of nitrogens with zero attached hydrogens (tertiary/aromatic N) is 1. The van der Waals surface area contributed by atoms with Crippen molar-refractivity contribution in [3.63, 3.8) is 0 Å². The first-order chi connectivity index (χ1) is 7.84. The molecule has 0 saturated carbocycles. The topological polar surface area (TPSA) is 32.3 Å². The number of hydrogen-bond acceptors (Lipinski definition) is 2. The van der Waals surface area contributed by atoms with E-state index in [2.05, 4.69) is 33.0 Å². The monoisotopic (exact) mass is 276 g/mol. The molecule has 1 N–H and O–H groups in total. The Bertz CT molecular complexity index is 255. The Balaban J connectivity index is 0.00000289. The smallest absolute Gasteiger partial charge is 0.222 e. The summed E-state index contributed by atoms with van der Waals surface area (Å²) < 4.78 is 0. The summed E-state index contributed by atoms with van der Waals surface area (Å²) in [5.41, 5.74) is 0.221. The summed E-state index contributed by atoms with van der Waals surface area (Å²) in [4.78, 5) is 14.2. The highest BCUT2D eigenvalue weighted by atomic mass is 35.5. The van der Waals surface area contributed by atoms with E-state index in [-0.39, 0.29) is 17.8 Å². The quantitative estimate of drug-likeness (QED) is 0.860. The van der Waals surface area contributed by atoms with Gasteiger partial charge in [-0.2, -0.15) is 0 Å². The summed E-state index contributed by atoms with van der Waals surface area (Å²) >= 11 is 0. The van der Waals surface area contributed by atoms with Gasteiger partial charge in [-0.25, -0.2) is 0 Å². The van der Waals surface area contributed by atoms with Gasteiger partial charge in [0, 0.05) is 25.6 Å². The molecular formula is C14H29ClN2O. The van der Waals surface area contributed by atoms with E-state index in [0.717, 1.165) is 25.9 Å². The number of halogens is 1. The Morgan fingerprint density at radius 1 is 1.33 bits per heavy atom. The molecule has 0 bridgehead atoms. The van der Waals surface area contributed by atoms with Gasteiger partial charge in [-0.15, -0.1) is 12.4 Å². The lowest BCUT2D eigenvalue weighted by atomic mass is 9.80. The summed E-state index contributed by atoms with van der Waals surface area (Å²) in [6, 6.07) is 0.596. The Kier molecular flexibility index (Phi) is 7.23. The maximum absolute atomic E-state index is 12.2. The van der Waals surface area contributed by atoms with Crippen LogP contribution in [0.1, 0.15) is 47.0 Å². The molecule has 1 heterocycles. The van der Waals surface area contributed by atoms with Crippen molar-refractivity contribution in [2.75, 3.05) is 20.1 Å². The maximum atomic E-state index is 12.2. The third kappa shape index (κ3) is 5.15.